The highest BCUT2D eigenvalue weighted by Crippen LogP contribution is 2.34. The molecule has 2 aliphatic heterocycles. The molecule has 1 saturated heterocycles. The lowest BCUT2D eigenvalue weighted by Gasteiger charge is -2.34. The molecule has 0 bridgehead atoms. The number of carbonyl (C=O) groups is 1. The molecule has 174 valence electrons. The molecule has 0 saturated carbocycles. The molecule has 1 aromatic rings. The predicted octanol–water partition coefficient (Wildman–Crippen LogP) is 4.24. The first-order valence-corrected chi connectivity index (χ1v) is 11.9. The van der Waals surface area contributed by atoms with Crippen LogP contribution in [0.25, 0.3) is 0 Å². The van der Waals surface area contributed by atoms with Crippen LogP contribution in [0.1, 0.15) is 44.9 Å². The molecule has 3 aliphatic rings. The van der Waals surface area contributed by atoms with Gasteiger partial charge in [0.15, 0.2) is 0 Å². The maximum absolute atomic E-state index is 11.7. The molecule has 0 radical (unpaired) electrons. The third kappa shape index (κ3) is 5.54. The van der Waals surface area contributed by atoms with Crippen molar-refractivity contribution in [2.75, 3.05) is 38.3 Å². The fourth-order valence-electron chi connectivity index (χ4n) is 5.03. The van der Waals surface area contributed by atoms with Gasteiger partial charge >= 0.3 is 5.97 Å². The Bertz CT molecular complexity index is 840. The second-order valence-electron chi connectivity index (χ2n) is 9.01. The minimum absolute atomic E-state index is 0.0262. The van der Waals surface area contributed by atoms with Crippen molar-refractivity contribution in [3.63, 3.8) is 0 Å². The summed E-state index contributed by atoms with van der Waals surface area (Å²) >= 11 is 0. The van der Waals surface area contributed by atoms with E-state index < -0.39 is 0 Å². The van der Waals surface area contributed by atoms with Crippen LogP contribution in [-0.4, -0.2) is 50.6 Å². The summed E-state index contributed by atoms with van der Waals surface area (Å²) in [4.78, 5) is 14.2. The van der Waals surface area contributed by atoms with Gasteiger partial charge in [-0.05, 0) is 42.9 Å². The van der Waals surface area contributed by atoms with E-state index >= 15 is 0 Å². The van der Waals surface area contributed by atoms with E-state index in [4.69, 9.17) is 14.2 Å². The summed E-state index contributed by atoms with van der Waals surface area (Å²) in [6, 6.07) is 8.27. The minimum atomic E-state index is -0.256. The van der Waals surface area contributed by atoms with Crippen LogP contribution < -0.4 is 9.64 Å². The van der Waals surface area contributed by atoms with E-state index in [1.165, 1.54) is 31.4 Å². The molecule has 1 N–H and O–H groups in total. The number of methoxy groups -OCH3 is 1. The number of hydrogen-bond donors (Lipinski definition) is 1. The van der Waals surface area contributed by atoms with E-state index in [0.717, 1.165) is 43.4 Å². The quantitative estimate of drug-likeness (QED) is 0.457. The van der Waals surface area contributed by atoms with Crippen LogP contribution in [0.5, 0.6) is 5.75 Å². The standard InChI is InChI=1S/C26H35NO5/c1-30-24-8-3-2-7-23(24)27-13-11-19(12-14-27)6-4-5-15-31-21-9-10-22-20(18-28)16-26(29)32-25(22)17-21/h2-3,7-10,19-21,28H,4-6,11-18H2,1H3. The van der Waals surface area contributed by atoms with Crippen molar-refractivity contribution in [2.45, 2.75) is 51.0 Å². The zero-order valence-corrected chi connectivity index (χ0v) is 19.0. The molecule has 2 heterocycles. The first-order valence-electron chi connectivity index (χ1n) is 11.9. The number of benzene rings is 1. The summed E-state index contributed by atoms with van der Waals surface area (Å²) in [7, 11) is 1.74. The van der Waals surface area contributed by atoms with Gasteiger partial charge in [0, 0.05) is 32.0 Å². The molecule has 32 heavy (non-hydrogen) atoms. The summed E-state index contributed by atoms with van der Waals surface area (Å²) < 4.78 is 16.9. The molecule has 0 aromatic heterocycles. The van der Waals surface area contributed by atoms with Crippen molar-refractivity contribution in [2.24, 2.45) is 11.8 Å². The normalized spacial score (nSPS) is 23.8. The Morgan fingerprint density at radius 2 is 1.97 bits per heavy atom. The number of rotatable bonds is 9. The van der Waals surface area contributed by atoms with Crippen molar-refractivity contribution in [3.05, 3.63) is 47.7 Å². The van der Waals surface area contributed by atoms with Crippen molar-refractivity contribution in [3.8, 4) is 5.75 Å². The van der Waals surface area contributed by atoms with Crippen LogP contribution in [0, 0.1) is 11.8 Å². The summed E-state index contributed by atoms with van der Waals surface area (Å²) in [5.74, 6) is 2.01. The van der Waals surface area contributed by atoms with E-state index in [1.807, 2.05) is 24.3 Å². The number of piperidine rings is 1. The van der Waals surface area contributed by atoms with Crippen LogP contribution in [0.4, 0.5) is 5.69 Å². The van der Waals surface area contributed by atoms with Crippen LogP contribution in [-0.2, 0) is 14.3 Å². The fraction of sp³-hybridized carbons (Fsp3) is 0.577. The third-order valence-corrected chi connectivity index (χ3v) is 6.89. The van der Waals surface area contributed by atoms with E-state index in [1.54, 1.807) is 7.11 Å². The van der Waals surface area contributed by atoms with Crippen LogP contribution in [0.2, 0.25) is 0 Å². The first kappa shape index (κ1) is 22.9. The summed E-state index contributed by atoms with van der Waals surface area (Å²) in [6.45, 7) is 2.86. The number of hydrogen-bond acceptors (Lipinski definition) is 6. The molecular weight excluding hydrogens is 406 g/mol. The second kappa shape index (κ2) is 11.0. The Labute approximate surface area is 190 Å². The van der Waals surface area contributed by atoms with E-state index in [9.17, 15) is 9.90 Å². The lowest BCUT2D eigenvalue weighted by molar-refractivity contribution is -0.143. The van der Waals surface area contributed by atoms with Gasteiger partial charge in [-0.1, -0.05) is 37.1 Å². The van der Waals surface area contributed by atoms with Crippen LogP contribution in [0.15, 0.2) is 47.7 Å². The van der Waals surface area contributed by atoms with E-state index in [-0.39, 0.29) is 31.0 Å². The van der Waals surface area contributed by atoms with Crippen molar-refractivity contribution in [1.82, 2.24) is 0 Å². The minimum Gasteiger partial charge on any atom is -0.495 e. The maximum Gasteiger partial charge on any atom is 0.311 e. The van der Waals surface area contributed by atoms with Crippen molar-refractivity contribution >= 4 is 11.7 Å². The van der Waals surface area contributed by atoms with Crippen LogP contribution >= 0.6 is 0 Å². The number of anilines is 1. The largest absolute Gasteiger partial charge is 0.495 e. The lowest BCUT2D eigenvalue weighted by atomic mass is 9.88. The van der Waals surface area contributed by atoms with E-state index in [0.29, 0.717) is 12.2 Å². The Kier molecular flexibility index (Phi) is 7.87. The summed E-state index contributed by atoms with van der Waals surface area (Å²) in [5, 5.41) is 9.50. The van der Waals surface area contributed by atoms with E-state index in [2.05, 4.69) is 17.0 Å². The van der Waals surface area contributed by atoms with Gasteiger partial charge in [0.2, 0.25) is 0 Å². The molecule has 6 heteroatoms. The molecule has 0 amide bonds. The molecular formula is C26H35NO5. The van der Waals surface area contributed by atoms with Gasteiger partial charge in [-0.3, -0.25) is 4.79 Å². The Hall–Kier alpha value is -2.31. The zero-order valence-electron chi connectivity index (χ0n) is 19.0. The Balaban J connectivity index is 1.13. The topological polar surface area (TPSA) is 68.2 Å². The number of carbonyl (C=O) groups excluding carboxylic acids is 1. The molecule has 1 aliphatic carbocycles. The van der Waals surface area contributed by atoms with Gasteiger partial charge in [0.25, 0.3) is 0 Å². The number of nitrogens with zero attached hydrogens (tertiary/aromatic N) is 1. The molecule has 4 rings (SSSR count). The van der Waals surface area contributed by atoms with Gasteiger partial charge in [-0.25, -0.2) is 0 Å². The molecule has 2 atom stereocenters. The average Bonchev–Trinajstić information content (AvgIpc) is 2.83. The zero-order chi connectivity index (χ0) is 22.3. The fourth-order valence-corrected chi connectivity index (χ4v) is 5.03. The van der Waals surface area contributed by atoms with Gasteiger partial charge < -0.3 is 24.2 Å². The number of para-hydroxylation sites is 2. The summed E-state index contributed by atoms with van der Waals surface area (Å²) in [6.07, 6.45) is 10.7. The molecule has 0 spiro atoms. The number of allylic oxidation sites excluding steroid dienone is 1. The van der Waals surface area contributed by atoms with Gasteiger partial charge in [-0.15, -0.1) is 0 Å². The van der Waals surface area contributed by atoms with Crippen molar-refractivity contribution in [1.29, 1.82) is 0 Å². The SMILES string of the molecule is COc1ccccc1N1CCC(CCCCOC2C=CC3=C(C2)OC(=O)CC3CO)CC1. The highest BCUT2D eigenvalue weighted by atomic mass is 16.5. The highest BCUT2D eigenvalue weighted by molar-refractivity contribution is 5.73. The number of aliphatic hydroxyl groups is 1. The number of aliphatic hydroxyl groups excluding tert-OH is 1. The predicted molar refractivity (Wildman–Crippen MR) is 124 cm³/mol. The second-order valence-corrected chi connectivity index (χ2v) is 9.01. The number of esters is 1. The third-order valence-electron chi connectivity index (χ3n) is 6.89. The average molecular weight is 442 g/mol. The summed E-state index contributed by atoms with van der Waals surface area (Å²) in [5.41, 5.74) is 2.15. The Morgan fingerprint density at radius 1 is 1.16 bits per heavy atom. The Morgan fingerprint density at radius 3 is 2.75 bits per heavy atom. The number of ether oxygens (including phenoxy) is 3. The maximum atomic E-state index is 11.7. The lowest BCUT2D eigenvalue weighted by Crippen LogP contribution is -2.33. The smallest absolute Gasteiger partial charge is 0.311 e. The van der Waals surface area contributed by atoms with Gasteiger partial charge in [0.05, 0.1) is 31.9 Å². The number of unbranched alkanes of at least 4 members (excludes halogenated alkanes) is 1. The molecule has 6 nitrogen and oxygen atoms in total. The molecule has 2 unspecified atom stereocenters. The molecule has 1 aromatic carbocycles. The first-order chi connectivity index (χ1) is 15.7. The highest BCUT2D eigenvalue weighted by Gasteiger charge is 2.31. The monoisotopic (exact) mass is 441 g/mol. The van der Waals surface area contributed by atoms with Crippen molar-refractivity contribution < 1.29 is 24.1 Å². The van der Waals surface area contributed by atoms with Crippen LogP contribution in [0.3, 0.4) is 0 Å². The molecule has 1 fully saturated rings. The van der Waals surface area contributed by atoms with Gasteiger partial charge in [-0.2, -0.15) is 0 Å². The van der Waals surface area contributed by atoms with Gasteiger partial charge in [0.1, 0.15) is 11.5 Å².